The van der Waals surface area contributed by atoms with Gasteiger partial charge in [0.25, 0.3) is 0 Å². The quantitative estimate of drug-likeness (QED) is 0.742. The molecular weight excluding hydrogens is 369 g/mol. The lowest BCUT2D eigenvalue weighted by Crippen LogP contribution is -2.43. The molecule has 0 saturated heterocycles. The van der Waals surface area contributed by atoms with Crippen molar-refractivity contribution in [2.45, 2.75) is 33.7 Å². The van der Waals surface area contributed by atoms with Crippen LogP contribution in [-0.2, 0) is 9.59 Å². The molecule has 0 spiro atoms. The van der Waals surface area contributed by atoms with Gasteiger partial charge in [0.2, 0.25) is 11.8 Å². The highest BCUT2D eigenvalue weighted by Crippen LogP contribution is 2.32. The molecule has 2 amide bonds. The summed E-state index contributed by atoms with van der Waals surface area (Å²) in [6, 6.07) is 13.6. The topological polar surface area (TPSA) is 61.4 Å². The smallest absolute Gasteiger partial charge is 0.243 e. The van der Waals surface area contributed by atoms with Gasteiger partial charge in [-0.05, 0) is 42.2 Å². The lowest BCUT2D eigenvalue weighted by Gasteiger charge is -2.32. The predicted molar refractivity (Wildman–Crippen MR) is 114 cm³/mol. The number of amides is 2. The number of hydrogen-bond acceptors (Lipinski definition) is 3. The fraction of sp³-hybridized carbons (Fsp3) is 0.391. The van der Waals surface area contributed by atoms with Crippen molar-refractivity contribution in [2.24, 2.45) is 5.41 Å². The maximum Gasteiger partial charge on any atom is 0.243 e. The van der Waals surface area contributed by atoms with E-state index in [1.165, 1.54) is 17.0 Å². The summed E-state index contributed by atoms with van der Waals surface area (Å²) in [5, 5.41) is 6.05. The van der Waals surface area contributed by atoms with E-state index in [0.717, 1.165) is 11.1 Å². The van der Waals surface area contributed by atoms with Crippen molar-refractivity contribution >= 4 is 17.5 Å². The fourth-order valence-corrected chi connectivity index (χ4v) is 3.04. The van der Waals surface area contributed by atoms with Gasteiger partial charge in [0.05, 0.1) is 13.1 Å². The van der Waals surface area contributed by atoms with Gasteiger partial charge in [-0.2, -0.15) is 0 Å². The van der Waals surface area contributed by atoms with E-state index >= 15 is 0 Å². The van der Waals surface area contributed by atoms with E-state index in [0.29, 0.717) is 5.69 Å². The van der Waals surface area contributed by atoms with Gasteiger partial charge in [-0.25, -0.2) is 4.39 Å². The van der Waals surface area contributed by atoms with Crippen molar-refractivity contribution in [1.82, 2.24) is 10.2 Å². The molecule has 0 fully saturated rings. The Morgan fingerprint density at radius 1 is 1.03 bits per heavy atom. The zero-order valence-corrected chi connectivity index (χ0v) is 17.8. The first-order chi connectivity index (χ1) is 13.6. The molecule has 0 heterocycles. The number of benzene rings is 2. The maximum absolute atomic E-state index is 13.2. The number of carbonyl (C=O) groups is 2. The molecule has 0 saturated carbocycles. The van der Waals surface area contributed by atoms with Crippen LogP contribution in [0.3, 0.4) is 0 Å². The Bertz CT molecular complexity index is 827. The zero-order chi connectivity index (χ0) is 21.6. The third kappa shape index (κ3) is 6.98. The number of hydrogen-bond donors (Lipinski definition) is 2. The second-order valence-electron chi connectivity index (χ2n) is 8.40. The summed E-state index contributed by atoms with van der Waals surface area (Å²) >= 11 is 0. The van der Waals surface area contributed by atoms with E-state index < -0.39 is 0 Å². The van der Waals surface area contributed by atoms with Crippen molar-refractivity contribution in [2.75, 3.05) is 25.5 Å². The van der Waals surface area contributed by atoms with Crippen molar-refractivity contribution in [3.05, 3.63) is 65.5 Å². The molecule has 1 atom stereocenters. The Hall–Kier alpha value is -2.73. The van der Waals surface area contributed by atoms with Gasteiger partial charge >= 0.3 is 0 Å². The Morgan fingerprint density at radius 3 is 2.17 bits per heavy atom. The van der Waals surface area contributed by atoms with Crippen LogP contribution in [0.5, 0.6) is 0 Å². The van der Waals surface area contributed by atoms with Crippen LogP contribution in [0.25, 0.3) is 0 Å². The molecule has 0 aliphatic rings. The van der Waals surface area contributed by atoms with Crippen LogP contribution in [-0.4, -0.2) is 36.9 Å². The van der Waals surface area contributed by atoms with Crippen LogP contribution in [0.2, 0.25) is 0 Å². The van der Waals surface area contributed by atoms with Crippen molar-refractivity contribution in [3.8, 4) is 0 Å². The first-order valence-corrected chi connectivity index (χ1v) is 9.65. The fourth-order valence-electron chi connectivity index (χ4n) is 3.04. The Morgan fingerprint density at radius 2 is 1.62 bits per heavy atom. The van der Waals surface area contributed by atoms with Crippen LogP contribution in [0, 0.1) is 18.2 Å². The molecule has 0 aromatic heterocycles. The third-order valence-corrected chi connectivity index (χ3v) is 4.67. The van der Waals surface area contributed by atoms with Gasteiger partial charge in [0.1, 0.15) is 5.82 Å². The molecule has 5 nitrogen and oxygen atoms in total. The van der Waals surface area contributed by atoms with Crippen molar-refractivity contribution in [3.63, 3.8) is 0 Å². The van der Waals surface area contributed by atoms with Gasteiger partial charge in [0.15, 0.2) is 0 Å². The summed E-state index contributed by atoms with van der Waals surface area (Å²) in [5.74, 6) is -0.743. The van der Waals surface area contributed by atoms with Gasteiger partial charge in [0, 0.05) is 18.8 Å². The Kier molecular flexibility index (Phi) is 7.51. The number of carbonyl (C=O) groups excluding carboxylic acids is 2. The number of halogens is 1. The van der Waals surface area contributed by atoms with E-state index in [-0.39, 0.29) is 42.2 Å². The highest BCUT2D eigenvalue weighted by Gasteiger charge is 2.27. The highest BCUT2D eigenvalue weighted by molar-refractivity contribution is 5.94. The molecule has 2 rings (SSSR count). The average Bonchev–Trinajstić information content (AvgIpc) is 2.64. The van der Waals surface area contributed by atoms with Crippen molar-refractivity contribution < 1.29 is 14.0 Å². The van der Waals surface area contributed by atoms with E-state index in [2.05, 4.69) is 31.4 Å². The predicted octanol–water partition coefficient (Wildman–Crippen LogP) is 3.91. The molecule has 2 aromatic rings. The zero-order valence-electron chi connectivity index (χ0n) is 17.8. The summed E-state index contributed by atoms with van der Waals surface area (Å²) in [6.45, 7) is 8.17. The standard InChI is InChI=1S/C23H30FN3O2/c1-16-6-12-19(13-7-16)26-20(28)15-27(5)21(29)14-25-22(23(2,3)4)17-8-10-18(24)11-9-17/h6-13,22,25H,14-15H2,1-5H3,(H,26,28). The minimum atomic E-state index is -0.295. The Balaban J connectivity index is 1.92. The van der Waals surface area contributed by atoms with E-state index in [4.69, 9.17) is 0 Å². The second-order valence-corrected chi connectivity index (χ2v) is 8.40. The highest BCUT2D eigenvalue weighted by atomic mass is 19.1. The minimum Gasteiger partial charge on any atom is -0.335 e. The average molecular weight is 400 g/mol. The largest absolute Gasteiger partial charge is 0.335 e. The molecule has 29 heavy (non-hydrogen) atoms. The normalized spacial score (nSPS) is 12.3. The van der Waals surface area contributed by atoms with Crippen LogP contribution >= 0.6 is 0 Å². The van der Waals surface area contributed by atoms with Crippen molar-refractivity contribution in [1.29, 1.82) is 0 Å². The molecule has 0 radical (unpaired) electrons. The second kappa shape index (κ2) is 9.65. The van der Waals surface area contributed by atoms with Crippen LogP contribution < -0.4 is 10.6 Å². The van der Waals surface area contributed by atoms with Crippen LogP contribution in [0.4, 0.5) is 10.1 Å². The molecule has 0 bridgehead atoms. The summed E-state index contributed by atoms with van der Waals surface area (Å²) < 4.78 is 13.2. The van der Waals surface area contributed by atoms with Crippen LogP contribution in [0.15, 0.2) is 48.5 Å². The van der Waals surface area contributed by atoms with Gasteiger partial charge in [-0.15, -0.1) is 0 Å². The first-order valence-electron chi connectivity index (χ1n) is 9.65. The summed E-state index contributed by atoms with van der Waals surface area (Å²) in [6.07, 6.45) is 0. The molecule has 2 N–H and O–H groups in total. The maximum atomic E-state index is 13.2. The van der Waals surface area contributed by atoms with Gasteiger partial charge in [-0.3, -0.25) is 9.59 Å². The molecule has 2 aromatic carbocycles. The van der Waals surface area contributed by atoms with Gasteiger partial charge in [-0.1, -0.05) is 50.6 Å². The number of anilines is 1. The molecule has 0 aliphatic heterocycles. The lowest BCUT2D eigenvalue weighted by molar-refractivity contribution is -0.132. The number of nitrogens with one attached hydrogen (secondary N) is 2. The van der Waals surface area contributed by atoms with E-state index in [1.54, 1.807) is 19.2 Å². The SMILES string of the molecule is Cc1ccc(NC(=O)CN(C)C(=O)CNC(c2ccc(F)cc2)C(C)(C)C)cc1. The summed E-state index contributed by atoms with van der Waals surface area (Å²) in [4.78, 5) is 26.1. The first kappa shape index (κ1) is 22.6. The van der Waals surface area contributed by atoms with E-state index in [9.17, 15) is 14.0 Å². The lowest BCUT2D eigenvalue weighted by atomic mass is 9.82. The summed E-state index contributed by atoms with van der Waals surface area (Å²) in [7, 11) is 1.60. The number of aryl methyl sites for hydroxylation is 1. The number of likely N-dealkylation sites (N-methyl/N-ethyl adjacent to an activating group) is 1. The third-order valence-electron chi connectivity index (χ3n) is 4.67. The number of nitrogens with zero attached hydrogens (tertiary/aromatic N) is 1. The molecule has 0 aliphatic carbocycles. The summed E-state index contributed by atoms with van der Waals surface area (Å²) in [5.41, 5.74) is 2.53. The monoisotopic (exact) mass is 399 g/mol. The van der Waals surface area contributed by atoms with Gasteiger partial charge < -0.3 is 15.5 Å². The molecular formula is C23H30FN3O2. The number of rotatable bonds is 7. The van der Waals surface area contributed by atoms with Crippen LogP contribution in [0.1, 0.15) is 37.9 Å². The Labute approximate surface area is 172 Å². The molecule has 1 unspecified atom stereocenters. The molecule has 6 heteroatoms. The van der Waals surface area contributed by atoms with E-state index in [1.807, 2.05) is 31.2 Å². The minimum absolute atomic E-state index is 0.0366. The molecule has 156 valence electrons.